The molecular formula is C18H26N4O3. The molecule has 0 radical (unpaired) electrons. The zero-order chi connectivity index (χ0) is 17.6. The number of anilines is 1. The average molecular weight is 346 g/mol. The van der Waals surface area contributed by atoms with Gasteiger partial charge in [-0.2, -0.15) is 0 Å². The standard InChI is InChI=1S/C18H26N4O3/c23-17(24)8-10-22-12-11-21(18(22)25)9-2-4-15-3-1-5-16(20-15)19-13-14-6-7-14/h1,3,5,14H,2,4,6-13H2,(H,19,20)(H,23,24). The van der Waals surface area contributed by atoms with E-state index < -0.39 is 5.97 Å². The van der Waals surface area contributed by atoms with Crippen molar-refractivity contribution in [1.29, 1.82) is 0 Å². The number of urea groups is 1. The van der Waals surface area contributed by atoms with E-state index >= 15 is 0 Å². The summed E-state index contributed by atoms with van der Waals surface area (Å²) in [7, 11) is 0. The SMILES string of the molecule is O=C(O)CCN1CCN(CCCc2cccc(NCC3CC3)n2)C1=O. The van der Waals surface area contributed by atoms with E-state index in [4.69, 9.17) is 5.11 Å². The van der Waals surface area contributed by atoms with Crippen LogP contribution in [0.4, 0.5) is 10.6 Å². The highest BCUT2D eigenvalue weighted by atomic mass is 16.4. The number of carbonyl (C=O) groups is 2. The molecule has 2 amide bonds. The van der Waals surface area contributed by atoms with E-state index in [1.165, 1.54) is 12.8 Å². The number of rotatable bonds is 10. The Bertz CT molecular complexity index is 618. The van der Waals surface area contributed by atoms with Gasteiger partial charge in [0, 0.05) is 38.4 Å². The fraction of sp³-hybridized carbons (Fsp3) is 0.611. The Hall–Kier alpha value is -2.31. The number of amides is 2. The molecule has 7 nitrogen and oxygen atoms in total. The van der Waals surface area contributed by atoms with Crippen LogP contribution < -0.4 is 5.32 Å². The largest absolute Gasteiger partial charge is 0.481 e. The second kappa shape index (κ2) is 8.18. The number of aryl methyl sites for hydroxylation is 1. The van der Waals surface area contributed by atoms with Gasteiger partial charge in [-0.15, -0.1) is 0 Å². The number of hydrogen-bond acceptors (Lipinski definition) is 4. The third-order valence-corrected chi connectivity index (χ3v) is 4.71. The minimum atomic E-state index is -0.868. The van der Waals surface area contributed by atoms with Crippen LogP contribution in [0.2, 0.25) is 0 Å². The van der Waals surface area contributed by atoms with Gasteiger partial charge in [-0.1, -0.05) is 6.07 Å². The van der Waals surface area contributed by atoms with E-state index in [9.17, 15) is 9.59 Å². The van der Waals surface area contributed by atoms with Gasteiger partial charge >= 0.3 is 12.0 Å². The fourth-order valence-electron chi connectivity index (χ4n) is 3.02. The summed E-state index contributed by atoms with van der Waals surface area (Å²) in [6.45, 7) is 3.27. The maximum Gasteiger partial charge on any atom is 0.320 e. The van der Waals surface area contributed by atoms with Gasteiger partial charge in [-0.25, -0.2) is 9.78 Å². The monoisotopic (exact) mass is 346 g/mol. The van der Waals surface area contributed by atoms with Gasteiger partial charge in [0.15, 0.2) is 0 Å². The van der Waals surface area contributed by atoms with Gasteiger partial charge in [0.05, 0.1) is 6.42 Å². The predicted octanol–water partition coefficient (Wildman–Crippen LogP) is 2.05. The van der Waals surface area contributed by atoms with Crippen molar-refractivity contribution < 1.29 is 14.7 Å². The molecule has 1 aliphatic heterocycles. The first-order valence-electron chi connectivity index (χ1n) is 9.07. The number of nitrogens with one attached hydrogen (secondary N) is 1. The highest BCUT2D eigenvalue weighted by Crippen LogP contribution is 2.28. The summed E-state index contributed by atoms with van der Waals surface area (Å²) in [6, 6.07) is 5.99. The molecule has 1 aliphatic carbocycles. The lowest BCUT2D eigenvalue weighted by Crippen LogP contribution is -2.33. The molecule has 1 aromatic rings. The molecule has 0 atom stereocenters. The van der Waals surface area contributed by atoms with Crippen LogP contribution in [-0.2, 0) is 11.2 Å². The van der Waals surface area contributed by atoms with Crippen molar-refractivity contribution in [3.8, 4) is 0 Å². The van der Waals surface area contributed by atoms with E-state index in [0.29, 0.717) is 26.2 Å². The molecule has 2 aliphatic rings. The van der Waals surface area contributed by atoms with Gasteiger partial charge in [0.1, 0.15) is 5.82 Å². The Morgan fingerprint density at radius 2 is 2.00 bits per heavy atom. The lowest BCUT2D eigenvalue weighted by Gasteiger charge is -2.18. The molecule has 2 fully saturated rings. The Balaban J connectivity index is 1.39. The van der Waals surface area contributed by atoms with Crippen LogP contribution in [0.3, 0.4) is 0 Å². The van der Waals surface area contributed by atoms with E-state index in [2.05, 4.69) is 10.3 Å². The van der Waals surface area contributed by atoms with E-state index in [1.54, 1.807) is 9.80 Å². The summed E-state index contributed by atoms with van der Waals surface area (Å²) in [4.78, 5) is 30.9. The summed E-state index contributed by atoms with van der Waals surface area (Å²) in [5.41, 5.74) is 1.04. The van der Waals surface area contributed by atoms with Gasteiger partial charge in [-0.05, 0) is 43.7 Å². The second-order valence-electron chi connectivity index (χ2n) is 6.84. The molecule has 136 valence electrons. The molecule has 2 N–H and O–H groups in total. The van der Waals surface area contributed by atoms with Crippen LogP contribution >= 0.6 is 0 Å². The number of hydrogen-bond donors (Lipinski definition) is 2. The number of carboxylic acids is 1. The zero-order valence-corrected chi connectivity index (χ0v) is 14.5. The maximum atomic E-state index is 12.2. The highest BCUT2D eigenvalue weighted by molar-refractivity contribution is 5.77. The minimum Gasteiger partial charge on any atom is -0.481 e. The second-order valence-corrected chi connectivity index (χ2v) is 6.84. The molecule has 0 aromatic carbocycles. The van der Waals surface area contributed by atoms with Gasteiger partial charge in [0.25, 0.3) is 0 Å². The summed E-state index contributed by atoms with van der Waals surface area (Å²) in [5, 5.41) is 12.1. The fourth-order valence-corrected chi connectivity index (χ4v) is 3.02. The van der Waals surface area contributed by atoms with Gasteiger partial charge in [0.2, 0.25) is 0 Å². The molecule has 1 aromatic heterocycles. The van der Waals surface area contributed by atoms with Crippen molar-refractivity contribution in [3.05, 3.63) is 23.9 Å². The number of carboxylic acid groups (broad SMARTS) is 1. The molecule has 0 unspecified atom stereocenters. The maximum absolute atomic E-state index is 12.2. The zero-order valence-electron chi connectivity index (χ0n) is 14.5. The lowest BCUT2D eigenvalue weighted by molar-refractivity contribution is -0.137. The Kier molecular flexibility index (Phi) is 5.73. The predicted molar refractivity (Wildman–Crippen MR) is 94.6 cm³/mol. The Morgan fingerprint density at radius 3 is 2.72 bits per heavy atom. The lowest BCUT2D eigenvalue weighted by atomic mass is 10.2. The van der Waals surface area contributed by atoms with Crippen LogP contribution in [0.25, 0.3) is 0 Å². The molecular weight excluding hydrogens is 320 g/mol. The van der Waals surface area contributed by atoms with Gasteiger partial charge < -0.3 is 20.2 Å². The molecule has 0 spiro atoms. The van der Waals surface area contributed by atoms with Crippen LogP contribution in [0.5, 0.6) is 0 Å². The Labute approximate surface area is 148 Å². The van der Waals surface area contributed by atoms with E-state index in [-0.39, 0.29) is 12.5 Å². The summed E-state index contributed by atoms with van der Waals surface area (Å²) < 4.78 is 0. The normalized spacial score (nSPS) is 17.2. The molecule has 25 heavy (non-hydrogen) atoms. The van der Waals surface area contributed by atoms with Crippen LogP contribution in [0.1, 0.15) is 31.4 Å². The van der Waals surface area contributed by atoms with Crippen molar-refractivity contribution >= 4 is 17.8 Å². The first kappa shape index (κ1) is 17.5. The van der Waals surface area contributed by atoms with Crippen molar-refractivity contribution in [2.24, 2.45) is 5.92 Å². The third kappa shape index (κ3) is 5.34. The topological polar surface area (TPSA) is 85.8 Å². The van der Waals surface area contributed by atoms with Crippen molar-refractivity contribution in [2.45, 2.75) is 32.1 Å². The summed E-state index contributed by atoms with van der Waals surface area (Å²) >= 11 is 0. The van der Waals surface area contributed by atoms with Crippen molar-refractivity contribution in [1.82, 2.24) is 14.8 Å². The highest BCUT2D eigenvalue weighted by Gasteiger charge is 2.27. The molecule has 7 heteroatoms. The van der Waals surface area contributed by atoms with Crippen LogP contribution in [-0.4, -0.2) is 64.6 Å². The quantitative estimate of drug-likeness (QED) is 0.677. The first-order valence-corrected chi connectivity index (χ1v) is 9.07. The van der Waals surface area contributed by atoms with Crippen molar-refractivity contribution in [3.63, 3.8) is 0 Å². The molecule has 2 heterocycles. The molecule has 1 saturated carbocycles. The number of aromatic nitrogens is 1. The molecule has 0 bridgehead atoms. The van der Waals surface area contributed by atoms with E-state index in [1.807, 2.05) is 18.2 Å². The number of carbonyl (C=O) groups excluding carboxylic acids is 1. The third-order valence-electron chi connectivity index (χ3n) is 4.71. The summed E-state index contributed by atoms with van der Waals surface area (Å²) in [5.74, 6) is 0.879. The smallest absolute Gasteiger partial charge is 0.320 e. The Morgan fingerprint density at radius 1 is 1.24 bits per heavy atom. The van der Waals surface area contributed by atoms with Crippen LogP contribution in [0, 0.1) is 5.92 Å². The minimum absolute atomic E-state index is 0.00412. The van der Waals surface area contributed by atoms with E-state index in [0.717, 1.165) is 36.8 Å². The first-order chi connectivity index (χ1) is 12.1. The average Bonchev–Trinajstić information content (AvgIpc) is 3.36. The van der Waals surface area contributed by atoms with Crippen LogP contribution in [0.15, 0.2) is 18.2 Å². The van der Waals surface area contributed by atoms with Gasteiger partial charge in [-0.3, -0.25) is 4.79 Å². The van der Waals surface area contributed by atoms with Crippen molar-refractivity contribution in [2.75, 3.05) is 38.0 Å². The number of pyridine rings is 1. The molecule has 1 saturated heterocycles. The molecule has 3 rings (SSSR count). The number of nitrogens with zero attached hydrogens (tertiary/aromatic N) is 3. The summed E-state index contributed by atoms with van der Waals surface area (Å²) in [6.07, 6.45) is 4.33. The number of aliphatic carboxylic acids is 1.